The Balaban J connectivity index is 2.34. The Bertz CT molecular complexity index is 455. The van der Waals surface area contributed by atoms with Crippen molar-refractivity contribution in [3.05, 3.63) is 60.2 Å². The van der Waals surface area contributed by atoms with E-state index in [1.165, 1.54) is 12.1 Å². The maximum absolute atomic E-state index is 12.3. The minimum atomic E-state index is -4.28. The van der Waals surface area contributed by atoms with E-state index in [9.17, 15) is 13.2 Å². The number of hydrogen-bond donors (Lipinski definition) is 0. The number of benzene rings is 2. The average Bonchev–Trinajstić information content (AvgIpc) is 2.29. The molecule has 0 atom stereocenters. The van der Waals surface area contributed by atoms with Crippen molar-refractivity contribution in [2.24, 2.45) is 0 Å². The molecule has 0 aliphatic heterocycles. The summed E-state index contributed by atoms with van der Waals surface area (Å²) < 4.78 is 36.9. The van der Waals surface area contributed by atoms with Gasteiger partial charge in [0.2, 0.25) is 0 Å². The fraction of sp³-hybridized carbons (Fsp3) is 0.0769. The Morgan fingerprint density at radius 1 is 0.875 bits per heavy atom. The Morgan fingerprint density at radius 2 is 1.56 bits per heavy atom. The smallest absolute Gasteiger partial charge is 0.166 e. The van der Waals surface area contributed by atoms with Gasteiger partial charge in [-0.25, -0.2) is 0 Å². The average molecular weight is 221 g/mol. The van der Waals surface area contributed by atoms with E-state index in [0.717, 1.165) is 23.3 Å². The molecule has 0 aliphatic rings. The van der Waals surface area contributed by atoms with E-state index < -0.39 is 11.7 Å². The molecule has 0 saturated heterocycles. The van der Waals surface area contributed by atoms with Gasteiger partial charge in [0.1, 0.15) is 0 Å². The molecule has 0 amide bonds. The van der Waals surface area contributed by atoms with E-state index in [2.05, 4.69) is 6.07 Å². The van der Waals surface area contributed by atoms with Crippen LogP contribution in [0, 0.1) is 6.07 Å². The molecule has 81 valence electrons. The molecule has 0 heterocycles. The second kappa shape index (κ2) is 4.00. The highest BCUT2D eigenvalue weighted by Gasteiger charge is 2.29. The molecule has 0 unspecified atom stereocenters. The molecular weight excluding hydrogens is 213 g/mol. The Morgan fingerprint density at radius 3 is 2.06 bits per heavy atom. The van der Waals surface area contributed by atoms with Crippen LogP contribution in [0.5, 0.6) is 0 Å². The highest BCUT2D eigenvalue weighted by Crippen LogP contribution is 2.30. The lowest BCUT2D eigenvalue weighted by Crippen LogP contribution is -2.03. The van der Waals surface area contributed by atoms with E-state index in [1.807, 2.05) is 6.07 Å². The first-order chi connectivity index (χ1) is 7.57. The van der Waals surface area contributed by atoms with Crippen LogP contribution in [0.15, 0.2) is 48.5 Å². The van der Waals surface area contributed by atoms with Crippen LogP contribution in [-0.4, -0.2) is 0 Å². The van der Waals surface area contributed by atoms with Crippen LogP contribution in [0.1, 0.15) is 5.56 Å². The van der Waals surface area contributed by atoms with E-state index in [1.54, 1.807) is 18.2 Å². The summed E-state index contributed by atoms with van der Waals surface area (Å²) in [7, 11) is 0. The molecule has 1 radical (unpaired) electrons. The van der Waals surface area contributed by atoms with Gasteiger partial charge < -0.3 is 0 Å². The van der Waals surface area contributed by atoms with Crippen molar-refractivity contribution in [2.75, 3.05) is 0 Å². The third-order valence-corrected chi connectivity index (χ3v) is 2.25. The van der Waals surface area contributed by atoms with Crippen LogP contribution >= 0.6 is 0 Å². The van der Waals surface area contributed by atoms with Crippen molar-refractivity contribution in [2.45, 2.75) is 6.18 Å². The van der Waals surface area contributed by atoms with Gasteiger partial charge >= 0.3 is 6.18 Å². The summed E-state index contributed by atoms with van der Waals surface area (Å²) >= 11 is 0. The van der Waals surface area contributed by atoms with Gasteiger partial charge in [0.15, 0.2) is 0 Å². The molecule has 0 aliphatic carbocycles. The number of alkyl halides is 3. The molecule has 0 aromatic heterocycles. The van der Waals surface area contributed by atoms with Crippen LogP contribution < -0.4 is 0 Å². The molecule has 0 bridgehead atoms. The monoisotopic (exact) mass is 221 g/mol. The zero-order valence-electron chi connectivity index (χ0n) is 8.25. The number of hydrogen-bond acceptors (Lipinski definition) is 0. The second-order valence-electron chi connectivity index (χ2n) is 3.37. The first kappa shape index (κ1) is 10.7. The summed E-state index contributed by atoms with van der Waals surface area (Å²) in [6.45, 7) is 0. The SMILES string of the molecule is FC(F)(F)c1ccc(-c2c[c]ccc2)cc1. The number of rotatable bonds is 1. The zero-order valence-corrected chi connectivity index (χ0v) is 8.25. The molecule has 3 heteroatoms. The lowest BCUT2D eigenvalue weighted by atomic mass is 10.0. The van der Waals surface area contributed by atoms with Crippen LogP contribution in [0.2, 0.25) is 0 Å². The Kier molecular flexibility index (Phi) is 2.69. The van der Waals surface area contributed by atoms with Crippen LogP contribution in [0.3, 0.4) is 0 Å². The van der Waals surface area contributed by atoms with Gasteiger partial charge in [-0.2, -0.15) is 13.2 Å². The largest absolute Gasteiger partial charge is 0.416 e. The van der Waals surface area contributed by atoms with Gasteiger partial charge in [0, 0.05) is 0 Å². The van der Waals surface area contributed by atoms with Crippen LogP contribution in [-0.2, 0) is 6.18 Å². The van der Waals surface area contributed by atoms with Crippen molar-refractivity contribution < 1.29 is 13.2 Å². The molecule has 0 spiro atoms. The summed E-state index contributed by atoms with van der Waals surface area (Å²) in [4.78, 5) is 0. The first-order valence-corrected chi connectivity index (χ1v) is 4.71. The maximum atomic E-state index is 12.3. The van der Waals surface area contributed by atoms with Crippen molar-refractivity contribution in [1.82, 2.24) is 0 Å². The molecule has 2 aromatic rings. The van der Waals surface area contributed by atoms with E-state index >= 15 is 0 Å². The summed E-state index contributed by atoms with van der Waals surface area (Å²) in [6, 6.07) is 15.1. The molecule has 2 aromatic carbocycles. The van der Waals surface area contributed by atoms with Crippen molar-refractivity contribution in [3.63, 3.8) is 0 Å². The van der Waals surface area contributed by atoms with E-state index in [0.29, 0.717) is 0 Å². The minimum absolute atomic E-state index is 0.629. The highest BCUT2D eigenvalue weighted by atomic mass is 19.4. The molecular formula is C13H8F3. The molecule has 16 heavy (non-hydrogen) atoms. The lowest BCUT2D eigenvalue weighted by molar-refractivity contribution is -0.137. The third-order valence-electron chi connectivity index (χ3n) is 2.25. The van der Waals surface area contributed by atoms with E-state index in [-0.39, 0.29) is 0 Å². The van der Waals surface area contributed by atoms with Gasteiger partial charge in [-0.1, -0.05) is 30.3 Å². The summed E-state index contributed by atoms with van der Waals surface area (Å²) in [5, 5.41) is 0. The fourth-order valence-electron chi connectivity index (χ4n) is 1.42. The second-order valence-corrected chi connectivity index (χ2v) is 3.37. The predicted molar refractivity (Wildman–Crippen MR) is 55.7 cm³/mol. The van der Waals surface area contributed by atoms with Gasteiger partial charge in [-0.3, -0.25) is 0 Å². The Labute approximate surface area is 91.4 Å². The van der Waals surface area contributed by atoms with Crippen molar-refractivity contribution in [1.29, 1.82) is 0 Å². The third kappa shape index (κ3) is 2.24. The van der Waals surface area contributed by atoms with Gasteiger partial charge in [-0.15, -0.1) is 0 Å². The van der Waals surface area contributed by atoms with E-state index in [4.69, 9.17) is 0 Å². The summed E-state index contributed by atoms with van der Waals surface area (Å²) in [6.07, 6.45) is -4.28. The molecule has 0 fully saturated rings. The molecule has 0 saturated carbocycles. The van der Waals surface area contributed by atoms with Crippen LogP contribution in [0.4, 0.5) is 13.2 Å². The highest BCUT2D eigenvalue weighted by molar-refractivity contribution is 5.63. The molecule has 0 nitrogen and oxygen atoms in total. The standard InChI is InChI=1S/C13H8F3/c14-13(15,16)12-8-6-11(7-9-12)10-4-2-1-3-5-10/h1-2,4-9H. The van der Waals surface area contributed by atoms with Gasteiger partial charge in [0.25, 0.3) is 0 Å². The van der Waals surface area contributed by atoms with Crippen molar-refractivity contribution >= 4 is 0 Å². The zero-order chi connectivity index (χ0) is 11.6. The van der Waals surface area contributed by atoms with Crippen LogP contribution in [0.25, 0.3) is 11.1 Å². The quantitative estimate of drug-likeness (QED) is 0.677. The normalized spacial score (nSPS) is 11.4. The molecule has 0 N–H and O–H groups in total. The fourth-order valence-corrected chi connectivity index (χ4v) is 1.42. The molecule has 2 rings (SSSR count). The topological polar surface area (TPSA) is 0 Å². The summed E-state index contributed by atoms with van der Waals surface area (Å²) in [5.41, 5.74) is 0.984. The summed E-state index contributed by atoms with van der Waals surface area (Å²) in [5.74, 6) is 0. The Hall–Kier alpha value is -1.77. The van der Waals surface area contributed by atoms with Gasteiger partial charge in [-0.05, 0) is 35.4 Å². The minimum Gasteiger partial charge on any atom is -0.166 e. The number of halogens is 3. The lowest BCUT2D eigenvalue weighted by Gasteiger charge is -2.07. The first-order valence-electron chi connectivity index (χ1n) is 4.71. The predicted octanol–water partition coefficient (Wildman–Crippen LogP) is 4.17. The maximum Gasteiger partial charge on any atom is 0.416 e. The van der Waals surface area contributed by atoms with Crippen molar-refractivity contribution in [3.8, 4) is 11.1 Å². The van der Waals surface area contributed by atoms with Gasteiger partial charge in [0.05, 0.1) is 5.56 Å².